The lowest BCUT2D eigenvalue weighted by molar-refractivity contribution is 1.04. The van der Waals surface area contributed by atoms with Crippen molar-refractivity contribution in [1.82, 2.24) is 4.57 Å². The molecule has 0 fully saturated rings. The van der Waals surface area contributed by atoms with E-state index in [4.69, 9.17) is 0 Å². The van der Waals surface area contributed by atoms with Crippen LogP contribution in [0.3, 0.4) is 0 Å². The third kappa shape index (κ3) is 6.40. The van der Waals surface area contributed by atoms with Crippen LogP contribution in [-0.2, 0) is 0 Å². The van der Waals surface area contributed by atoms with Gasteiger partial charge in [-0.1, -0.05) is 164 Å². The van der Waals surface area contributed by atoms with Gasteiger partial charge in [-0.05, 0) is 129 Å². The highest BCUT2D eigenvalue weighted by Gasteiger charge is 2.19. The van der Waals surface area contributed by atoms with Gasteiger partial charge in [0, 0.05) is 33.2 Å². The van der Waals surface area contributed by atoms with Crippen LogP contribution in [0.2, 0.25) is 0 Å². The number of hydrogen-bond acceptors (Lipinski definition) is 1. The second-order valence-electron chi connectivity index (χ2n) is 15.6. The molecule has 0 spiro atoms. The van der Waals surface area contributed by atoms with Crippen molar-refractivity contribution in [2.45, 2.75) is 12.8 Å². The summed E-state index contributed by atoms with van der Waals surface area (Å²) in [5, 5.41) is 4.94. The molecule has 0 radical (unpaired) electrons. The molecule has 0 aliphatic heterocycles. The van der Waals surface area contributed by atoms with E-state index in [9.17, 15) is 0 Å². The highest BCUT2D eigenvalue weighted by molar-refractivity contribution is 6.16. The van der Waals surface area contributed by atoms with Crippen LogP contribution in [0, 0.1) is 0 Å². The van der Waals surface area contributed by atoms with E-state index in [0.717, 1.165) is 41.2 Å². The third-order valence-electron chi connectivity index (χ3n) is 12.0. The molecule has 2 heteroatoms. The number of rotatable bonds is 8. The summed E-state index contributed by atoms with van der Waals surface area (Å²) in [6, 6.07) is 77.5. The summed E-state index contributed by atoms with van der Waals surface area (Å²) in [7, 11) is 0. The fourth-order valence-electron chi connectivity index (χ4n) is 9.15. The van der Waals surface area contributed by atoms with Crippen molar-refractivity contribution in [1.29, 1.82) is 0 Å². The van der Waals surface area contributed by atoms with Crippen LogP contribution < -0.4 is 4.90 Å². The van der Waals surface area contributed by atoms with Crippen molar-refractivity contribution in [3.63, 3.8) is 0 Å². The van der Waals surface area contributed by atoms with Gasteiger partial charge < -0.3 is 9.47 Å². The van der Waals surface area contributed by atoms with Gasteiger partial charge in [0.05, 0.1) is 16.7 Å². The minimum absolute atomic E-state index is 1.10. The molecule has 0 bridgehead atoms. The Morgan fingerprint density at radius 2 is 1.03 bits per heavy atom. The van der Waals surface area contributed by atoms with Crippen molar-refractivity contribution in [3.8, 4) is 39.1 Å². The molecule has 0 saturated carbocycles. The molecular weight excluding hydrogens is 725 g/mol. The van der Waals surface area contributed by atoms with Gasteiger partial charge in [-0.15, -0.1) is 0 Å². The van der Waals surface area contributed by atoms with E-state index in [1.165, 1.54) is 71.5 Å². The second kappa shape index (κ2) is 15.2. The summed E-state index contributed by atoms with van der Waals surface area (Å²) >= 11 is 0. The zero-order valence-corrected chi connectivity index (χ0v) is 33.2. The van der Waals surface area contributed by atoms with E-state index in [1.54, 1.807) is 0 Å². The number of hydrogen-bond donors (Lipinski definition) is 0. The average molecular weight is 767 g/mol. The smallest absolute Gasteiger partial charge is 0.0547 e. The topological polar surface area (TPSA) is 8.17 Å². The van der Waals surface area contributed by atoms with Gasteiger partial charge in [-0.25, -0.2) is 0 Å². The first-order valence-electron chi connectivity index (χ1n) is 20.9. The number of para-hydroxylation sites is 2. The number of aromatic nitrogens is 1. The van der Waals surface area contributed by atoms with Gasteiger partial charge in [-0.3, -0.25) is 0 Å². The Morgan fingerprint density at radius 3 is 1.87 bits per heavy atom. The standard InChI is InChI=1S/C58H42N2/c1-3-16-41(17-4-1)44-20-11-21-45(38-44)42-34-36-50(37-35-42)59(55-32-14-19-43-18-7-8-28-52(43)55)51-27-13-23-47(40-51)46-22-12-24-48(39-46)53-30-15-33-57-58(53)54-29-9-10-31-56(54)60(57)49-25-5-2-6-26-49/h2-3,5-40H,1,4H2. The van der Waals surface area contributed by atoms with E-state index in [0.29, 0.717) is 0 Å². The van der Waals surface area contributed by atoms with Gasteiger partial charge >= 0.3 is 0 Å². The first kappa shape index (κ1) is 35.5. The molecule has 0 unspecified atom stereocenters. The number of nitrogens with zero attached hydrogens (tertiary/aromatic N) is 2. The molecule has 0 N–H and O–H groups in total. The molecule has 1 heterocycles. The van der Waals surface area contributed by atoms with Crippen molar-refractivity contribution in [3.05, 3.63) is 236 Å². The largest absolute Gasteiger partial charge is 0.310 e. The van der Waals surface area contributed by atoms with Crippen LogP contribution >= 0.6 is 0 Å². The van der Waals surface area contributed by atoms with Crippen LogP contribution in [0.5, 0.6) is 0 Å². The zero-order valence-electron chi connectivity index (χ0n) is 33.2. The molecule has 0 saturated heterocycles. The van der Waals surface area contributed by atoms with Crippen molar-refractivity contribution in [2.24, 2.45) is 0 Å². The summed E-state index contributed by atoms with van der Waals surface area (Å²) in [6.45, 7) is 0. The van der Waals surface area contributed by atoms with Crippen molar-refractivity contribution < 1.29 is 0 Å². The van der Waals surface area contributed by atoms with Crippen LogP contribution in [0.25, 0.3) is 77.2 Å². The Bertz CT molecular complexity index is 3250. The zero-order chi connectivity index (χ0) is 39.8. The van der Waals surface area contributed by atoms with Crippen LogP contribution in [0.1, 0.15) is 18.4 Å². The predicted octanol–water partition coefficient (Wildman–Crippen LogP) is 16.1. The Balaban J connectivity index is 1.01. The Labute approximate surface area is 351 Å². The maximum Gasteiger partial charge on any atom is 0.0547 e. The molecule has 1 aliphatic rings. The lowest BCUT2D eigenvalue weighted by atomic mass is 9.95. The van der Waals surface area contributed by atoms with E-state index in [-0.39, 0.29) is 0 Å². The molecular formula is C58H42N2. The van der Waals surface area contributed by atoms with Crippen LogP contribution in [0.15, 0.2) is 231 Å². The summed E-state index contributed by atoms with van der Waals surface area (Å²) in [5.74, 6) is 0. The number of anilines is 3. The molecule has 284 valence electrons. The van der Waals surface area contributed by atoms with Gasteiger partial charge in [0.25, 0.3) is 0 Å². The van der Waals surface area contributed by atoms with E-state index in [2.05, 4.69) is 240 Å². The van der Waals surface area contributed by atoms with E-state index >= 15 is 0 Å². The first-order valence-corrected chi connectivity index (χ1v) is 20.9. The van der Waals surface area contributed by atoms with Gasteiger partial charge in [0.2, 0.25) is 0 Å². The molecule has 0 atom stereocenters. The Hall–Kier alpha value is -7.68. The van der Waals surface area contributed by atoms with E-state index in [1.807, 2.05) is 0 Å². The summed E-state index contributed by atoms with van der Waals surface area (Å²) < 4.78 is 2.39. The van der Waals surface area contributed by atoms with E-state index < -0.39 is 0 Å². The number of benzene rings is 9. The minimum Gasteiger partial charge on any atom is -0.310 e. The first-order chi connectivity index (χ1) is 29.8. The summed E-state index contributed by atoms with van der Waals surface area (Å²) in [6.07, 6.45) is 9.09. The quantitative estimate of drug-likeness (QED) is 0.150. The molecule has 1 aliphatic carbocycles. The number of fused-ring (bicyclic) bond motifs is 4. The maximum atomic E-state index is 2.41. The van der Waals surface area contributed by atoms with Gasteiger partial charge in [0.1, 0.15) is 0 Å². The SMILES string of the molecule is C1=CC(c2cccc(-c3ccc(N(c4cccc(-c5cccc(-c6cccc7c6c6ccccc6n7-c6ccccc6)c5)c4)c4cccc5ccccc45)cc3)c2)=CCC1. The fourth-order valence-corrected chi connectivity index (χ4v) is 9.15. The molecule has 9 aromatic carbocycles. The van der Waals surface area contributed by atoms with Crippen molar-refractivity contribution in [2.75, 3.05) is 4.90 Å². The highest BCUT2D eigenvalue weighted by Crippen LogP contribution is 2.43. The highest BCUT2D eigenvalue weighted by atomic mass is 15.1. The lowest BCUT2D eigenvalue weighted by Gasteiger charge is -2.27. The fraction of sp³-hybridized carbons (Fsp3) is 0.0345. The molecule has 2 nitrogen and oxygen atoms in total. The Kier molecular flexibility index (Phi) is 9.02. The van der Waals surface area contributed by atoms with Gasteiger partial charge in [0.15, 0.2) is 0 Å². The van der Waals surface area contributed by atoms with Crippen LogP contribution in [-0.4, -0.2) is 4.57 Å². The Morgan fingerprint density at radius 1 is 0.400 bits per heavy atom. The normalized spacial score (nSPS) is 12.6. The average Bonchev–Trinajstić information content (AvgIpc) is 3.67. The third-order valence-corrected chi connectivity index (χ3v) is 12.0. The minimum atomic E-state index is 1.10. The van der Waals surface area contributed by atoms with Crippen LogP contribution in [0.4, 0.5) is 17.1 Å². The molecule has 0 amide bonds. The second-order valence-corrected chi connectivity index (χ2v) is 15.6. The molecule has 60 heavy (non-hydrogen) atoms. The summed E-state index contributed by atoms with van der Waals surface area (Å²) in [5.41, 5.74) is 16.7. The van der Waals surface area contributed by atoms with Gasteiger partial charge in [-0.2, -0.15) is 0 Å². The van der Waals surface area contributed by atoms with Crippen molar-refractivity contribution >= 4 is 55.2 Å². The molecule has 11 rings (SSSR count). The molecule has 1 aromatic heterocycles. The number of allylic oxidation sites excluding steroid dienone is 4. The summed E-state index contributed by atoms with van der Waals surface area (Å²) in [4.78, 5) is 2.41. The predicted molar refractivity (Wildman–Crippen MR) is 256 cm³/mol. The monoisotopic (exact) mass is 766 g/mol. The maximum absolute atomic E-state index is 2.41. The lowest BCUT2D eigenvalue weighted by Crippen LogP contribution is -2.10. The molecule has 10 aromatic rings.